The molecule has 1 aliphatic heterocycles. The molecule has 1 aromatic heterocycles. The Morgan fingerprint density at radius 3 is 2.25 bits per heavy atom. The minimum absolute atomic E-state index is 0.634. The van der Waals surface area contributed by atoms with Crippen molar-refractivity contribution < 1.29 is 27.8 Å². The summed E-state index contributed by atoms with van der Waals surface area (Å²) >= 11 is 0. The van der Waals surface area contributed by atoms with Gasteiger partial charge in [-0.05, 0) is 77.1 Å². The quantitative estimate of drug-likeness (QED) is 0.345. The van der Waals surface area contributed by atoms with E-state index in [1.54, 1.807) is 0 Å². The minimum atomic E-state index is -5.08. The number of para-hydroxylation sites is 1. The molecule has 7 nitrogen and oxygen atoms in total. The van der Waals surface area contributed by atoms with E-state index in [1.165, 1.54) is 34.4 Å². The van der Waals surface area contributed by atoms with E-state index in [4.69, 9.17) is 24.6 Å². The van der Waals surface area contributed by atoms with Crippen LogP contribution in [0.3, 0.4) is 0 Å². The lowest BCUT2D eigenvalue weighted by atomic mass is 10.0. The number of aromatic nitrogens is 2. The molecular formula is C30H37F3N4O3. The number of alkyl halides is 3. The van der Waals surface area contributed by atoms with Crippen molar-refractivity contribution in [2.75, 3.05) is 36.0 Å². The van der Waals surface area contributed by atoms with E-state index in [0.29, 0.717) is 6.61 Å². The van der Waals surface area contributed by atoms with Crippen LogP contribution < -0.4 is 14.5 Å². The number of nitrogens with zero attached hydrogens (tertiary/aromatic N) is 4. The molecule has 0 spiro atoms. The third-order valence-corrected chi connectivity index (χ3v) is 6.66. The number of aliphatic carboxylic acids is 1. The van der Waals surface area contributed by atoms with Crippen LogP contribution >= 0.6 is 0 Å². The average Bonchev–Trinajstić information content (AvgIpc) is 3.09. The number of rotatable bonds is 7. The predicted octanol–water partition coefficient (Wildman–Crippen LogP) is 6.72. The van der Waals surface area contributed by atoms with Crippen LogP contribution in [0.1, 0.15) is 47.7 Å². The van der Waals surface area contributed by atoms with Crippen molar-refractivity contribution in [3.63, 3.8) is 0 Å². The van der Waals surface area contributed by atoms with Crippen molar-refractivity contribution >= 4 is 23.4 Å². The molecule has 0 saturated heterocycles. The highest BCUT2D eigenvalue weighted by Gasteiger charge is 2.38. The molecule has 1 N–H and O–H groups in total. The van der Waals surface area contributed by atoms with Gasteiger partial charge in [0.15, 0.2) is 0 Å². The van der Waals surface area contributed by atoms with Gasteiger partial charge >= 0.3 is 12.1 Å². The summed E-state index contributed by atoms with van der Waals surface area (Å²) in [4.78, 5) is 23.7. The number of anilines is 3. The molecule has 2 heterocycles. The van der Waals surface area contributed by atoms with Crippen LogP contribution in [0.25, 0.3) is 0 Å². The van der Waals surface area contributed by atoms with Crippen molar-refractivity contribution in [2.45, 2.75) is 60.1 Å². The van der Waals surface area contributed by atoms with Crippen LogP contribution in [0.5, 0.6) is 5.75 Å². The van der Waals surface area contributed by atoms with Crippen molar-refractivity contribution in [1.82, 2.24) is 9.97 Å². The zero-order chi connectivity index (χ0) is 29.4. The van der Waals surface area contributed by atoms with E-state index in [1.807, 2.05) is 30.3 Å². The monoisotopic (exact) mass is 558 g/mol. The second kappa shape index (κ2) is 13.5. The number of ether oxygens (including phenoxy) is 1. The molecular weight excluding hydrogens is 521 g/mol. The normalized spacial score (nSPS) is 13.1. The fourth-order valence-electron chi connectivity index (χ4n) is 4.96. The predicted molar refractivity (Wildman–Crippen MR) is 151 cm³/mol. The van der Waals surface area contributed by atoms with Gasteiger partial charge in [-0.2, -0.15) is 18.2 Å². The number of carbonyl (C=O) groups is 1. The lowest BCUT2D eigenvalue weighted by molar-refractivity contribution is -0.192. The van der Waals surface area contributed by atoms with Gasteiger partial charge in [-0.3, -0.25) is 0 Å². The Morgan fingerprint density at radius 1 is 1.05 bits per heavy atom. The maximum Gasteiger partial charge on any atom is 0.490 e. The average molecular weight is 559 g/mol. The fraction of sp³-hybridized carbons (Fsp3) is 0.433. The molecule has 3 aromatic rings. The van der Waals surface area contributed by atoms with Crippen molar-refractivity contribution in [3.8, 4) is 5.75 Å². The van der Waals surface area contributed by atoms with Gasteiger partial charge in [-0.1, -0.05) is 35.9 Å². The molecule has 10 heteroatoms. The first-order chi connectivity index (χ1) is 18.9. The van der Waals surface area contributed by atoms with E-state index in [0.717, 1.165) is 55.7 Å². The van der Waals surface area contributed by atoms with Gasteiger partial charge in [0.25, 0.3) is 0 Å². The van der Waals surface area contributed by atoms with Crippen LogP contribution in [0.15, 0.2) is 42.5 Å². The SMILES string of the molecule is CCN(c1nc(C)c2c(n1)N(CCOc1ccccc1)CCCC2)c1c(C)cc(C)cc1C.O=C(O)C(F)(F)F. The summed E-state index contributed by atoms with van der Waals surface area (Å²) in [7, 11) is 0. The van der Waals surface area contributed by atoms with Gasteiger partial charge < -0.3 is 19.6 Å². The largest absolute Gasteiger partial charge is 0.492 e. The van der Waals surface area contributed by atoms with E-state index >= 15 is 0 Å². The second-order valence-electron chi connectivity index (χ2n) is 9.81. The number of aryl methyl sites for hydroxylation is 4. The Morgan fingerprint density at radius 2 is 1.68 bits per heavy atom. The molecule has 0 amide bonds. The van der Waals surface area contributed by atoms with Crippen LogP contribution in [0, 0.1) is 27.7 Å². The Balaban J connectivity index is 0.000000559. The third kappa shape index (κ3) is 7.86. The highest BCUT2D eigenvalue weighted by Crippen LogP contribution is 2.34. The minimum Gasteiger partial charge on any atom is -0.492 e. The standard InChI is InChI=1S/C28H36N4O.C2HF3O2/c1-6-32(26-21(3)18-20(2)19-22(26)4)28-29-23(5)25-14-10-11-15-31(27(25)30-28)16-17-33-24-12-8-7-9-13-24;3-2(4,5)1(6)7/h7-9,12-13,18-19H,6,10-11,14-17H2,1-5H3;(H,6,7). The number of benzene rings is 2. The molecule has 1 aliphatic rings. The van der Waals surface area contributed by atoms with E-state index in [9.17, 15) is 13.2 Å². The van der Waals surface area contributed by atoms with Gasteiger partial charge in [0, 0.05) is 30.0 Å². The van der Waals surface area contributed by atoms with Gasteiger partial charge in [-0.15, -0.1) is 0 Å². The summed E-state index contributed by atoms with van der Waals surface area (Å²) in [6.07, 6.45) is -1.73. The summed E-state index contributed by atoms with van der Waals surface area (Å²) in [5.41, 5.74) is 7.40. The molecule has 0 radical (unpaired) electrons. The third-order valence-electron chi connectivity index (χ3n) is 6.66. The molecule has 0 unspecified atom stereocenters. The van der Waals surface area contributed by atoms with E-state index in [2.05, 4.69) is 56.6 Å². The first-order valence-corrected chi connectivity index (χ1v) is 13.4. The Labute approximate surface area is 233 Å². The second-order valence-corrected chi connectivity index (χ2v) is 9.81. The summed E-state index contributed by atoms with van der Waals surface area (Å²) < 4.78 is 37.7. The maximum atomic E-state index is 10.6. The lowest BCUT2D eigenvalue weighted by Gasteiger charge is -2.29. The highest BCUT2D eigenvalue weighted by molar-refractivity contribution is 5.73. The molecule has 2 aromatic carbocycles. The van der Waals surface area contributed by atoms with Gasteiger partial charge in [0.05, 0.1) is 6.54 Å². The zero-order valence-corrected chi connectivity index (χ0v) is 23.7. The first-order valence-electron chi connectivity index (χ1n) is 13.4. The molecule has 0 bridgehead atoms. The number of hydrogen-bond donors (Lipinski definition) is 1. The first kappa shape index (κ1) is 30.7. The topological polar surface area (TPSA) is 78.8 Å². The number of fused-ring (bicyclic) bond motifs is 1. The van der Waals surface area contributed by atoms with Crippen molar-refractivity contribution in [2.24, 2.45) is 0 Å². The molecule has 40 heavy (non-hydrogen) atoms. The number of halogens is 3. The Kier molecular flexibility index (Phi) is 10.4. The number of carboxylic acids is 1. The summed E-state index contributed by atoms with van der Waals surface area (Å²) in [6, 6.07) is 14.5. The van der Waals surface area contributed by atoms with Gasteiger partial charge in [0.1, 0.15) is 18.2 Å². The van der Waals surface area contributed by atoms with E-state index < -0.39 is 12.1 Å². The Bertz CT molecular complexity index is 1280. The van der Waals surface area contributed by atoms with Gasteiger partial charge in [-0.25, -0.2) is 9.78 Å². The number of carboxylic acid groups (broad SMARTS) is 1. The summed E-state index contributed by atoms with van der Waals surface area (Å²) in [6.45, 7) is 14.1. The van der Waals surface area contributed by atoms with Crippen molar-refractivity contribution in [1.29, 1.82) is 0 Å². The molecule has 0 saturated carbocycles. The van der Waals surface area contributed by atoms with E-state index in [-0.39, 0.29) is 0 Å². The van der Waals surface area contributed by atoms with Crippen LogP contribution in [0.4, 0.5) is 30.6 Å². The molecule has 0 atom stereocenters. The van der Waals surface area contributed by atoms with Crippen molar-refractivity contribution in [3.05, 3.63) is 70.4 Å². The summed E-state index contributed by atoms with van der Waals surface area (Å²) in [5.74, 6) is 0.0225. The van der Waals surface area contributed by atoms with Crippen LogP contribution in [0.2, 0.25) is 0 Å². The smallest absolute Gasteiger partial charge is 0.490 e. The molecule has 0 aliphatic carbocycles. The summed E-state index contributed by atoms with van der Waals surface area (Å²) in [5, 5.41) is 7.12. The number of hydrogen-bond acceptors (Lipinski definition) is 6. The zero-order valence-electron chi connectivity index (χ0n) is 23.7. The Hall–Kier alpha value is -3.82. The van der Waals surface area contributed by atoms with Crippen LogP contribution in [-0.4, -0.2) is 53.5 Å². The molecule has 0 fully saturated rings. The van der Waals surface area contributed by atoms with Crippen LogP contribution in [-0.2, 0) is 11.2 Å². The molecule has 216 valence electrons. The maximum absolute atomic E-state index is 10.6. The van der Waals surface area contributed by atoms with Gasteiger partial charge in [0.2, 0.25) is 5.95 Å². The highest BCUT2D eigenvalue weighted by atomic mass is 19.4. The lowest BCUT2D eigenvalue weighted by Crippen LogP contribution is -2.31. The molecule has 4 rings (SSSR count). The fourth-order valence-corrected chi connectivity index (χ4v) is 4.96.